The van der Waals surface area contributed by atoms with Crippen molar-refractivity contribution in [2.75, 3.05) is 0 Å². The average Bonchev–Trinajstić information content (AvgIpc) is 2.71. The quantitative estimate of drug-likeness (QED) is 0.563. The van der Waals surface area contributed by atoms with Crippen molar-refractivity contribution in [2.45, 2.75) is 0 Å². The van der Waals surface area contributed by atoms with E-state index in [4.69, 9.17) is 0 Å². The summed E-state index contributed by atoms with van der Waals surface area (Å²) < 4.78 is 1.15. The van der Waals surface area contributed by atoms with E-state index in [1.165, 1.54) is 6.33 Å². The third kappa shape index (κ3) is 1.44. The smallest absolute Gasteiger partial charge is 0.247 e. The Labute approximate surface area is 74.0 Å². The molecule has 2 rings (SSSR count). The summed E-state index contributed by atoms with van der Waals surface area (Å²) in [5.41, 5.74) is 0.585. The van der Waals surface area contributed by atoms with Gasteiger partial charge in [-0.1, -0.05) is 18.2 Å². The molecule has 0 spiro atoms. The van der Waals surface area contributed by atoms with Gasteiger partial charge >= 0.3 is 5.91 Å². The number of nitrogens with one attached hydrogen (secondary N) is 1. The Bertz CT molecular complexity index is 395. The van der Waals surface area contributed by atoms with E-state index in [2.05, 4.69) is 15.5 Å². The summed E-state index contributed by atoms with van der Waals surface area (Å²) >= 11 is 0. The van der Waals surface area contributed by atoms with Gasteiger partial charge in [0.25, 0.3) is 6.33 Å². The Morgan fingerprint density at radius 1 is 1.31 bits per heavy atom. The van der Waals surface area contributed by atoms with Gasteiger partial charge < -0.3 is 0 Å². The molecule has 0 aliphatic rings. The third-order valence-corrected chi connectivity index (χ3v) is 1.61. The molecule has 1 aromatic heterocycles. The van der Waals surface area contributed by atoms with Crippen LogP contribution >= 0.6 is 0 Å². The minimum absolute atomic E-state index is 0.200. The maximum Gasteiger partial charge on any atom is 0.352 e. The zero-order valence-corrected chi connectivity index (χ0v) is 6.71. The molecule has 0 aliphatic carbocycles. The molecule has 0 aliphatic heterocycles. The van der Waals surface area contributed by atoms with E-state index >= 15 is 0 Å². The van der Waals surface area contributed by atoms with Gasteiger partial charge in [-0.25, -0.2) is 4.79 Å². The highest BCUT2D eigenvalue weighted by molar-refractivity contribution is 5.94. The number of tetrazole rings is 1. The topological polar surface area (TPSA) is 61.9 Å². The predicted octanol–water partition coefficient (Wildman–Crippen LogP) is -0.219. The number of H-pyrrole nitrogens is 1. The highest BCUT2D eigenvalue weighted by Gasteiger charge is 2.14. The number of carbonyl (C=O) groups excluding carboxylic acids is 1. The maximum absolute atomic E-state index is 11.5. The number of aromatic nitrogens is 4. The second kappa shape index (κ2) is 3.14. The Hall–Kier alpha value is -2.04. The monoisotopic (exact) mass is 175 g/mol. The first kappa shape index (κ1) is 7.60. The molecule has 64 valence electrons. The molecule has 2 aromatic rings. The molecular formula is C8H7N4O+. The van der Waals surface area contributed by atoms with Gasteiger partial charge in [0, 0.05) is 0 Å². The first-order chi connectivity index (χ1) is 6.38. The molecule has 0 amide bonds. The second-order valence-corrected chi connectivity index (χ2v) is 2.46. The SMILES string of the molecule is O=C(c1ccccc1)n1c[nH+]nn1. The van der Waals surface area contributed by atoms with Crippen LogP contribution in [0.2, 0.25) is 0 Å². The van der Waals surface area contributed by atoms with E-state index in [0.29, 0.717) is 5.56 Å². The zero-order valence-electron chi connectivity index (χ0n) is 6.71. The van der Waals surface area contributed by atoms with Crippen LogP contribution in [0.25, 0.3) is 0 Å². The Morgan fingerprint density at radius 3 is 2.69 bits per heavy atom. The number of hydrogen-bond acceptors (Lipinski definition) is 3. The van der Waals surface area contributed by atoms with Crippen LogP contribution in [0.5, 0.6) is 0 Å². The molecule has 0 saturated carbocycles. The zero-order chi connectivity index (χ0) is 9.10. The predicted molar refractivity (Wildman–Crippen MR) is 42.7 cm³/mol. The van der Waals surface area contributed by atoms with Crippen LogP contribution in [0.3, 0.4) is 0 Å². The number of hydrogen-bond donors (Lipinski definition) is 0. The summed E-state index contributed by atoms with van der Waals surface area (Å²) in [6.45, 7) is 0. The molecule has 1 heterocycles. The normalized spacial score (nSPS) is 9.85. The maximum atomic E-state index is 11.5. The van der Waals surface area contributed by atoms with Crippen molar-refractivity contribution in [2.24, 2.45) is 0 Å². The lowest BCUT2D eigenvalue weighted by Gasteiger charge is -1.90. The molecule has 0 unspecified atom stereocenters. The van der Waals surface area contributed by atoms with E-state index in [0.717, 1.165) is 4.68 Å². The van der Waals surface area contributed by atoms with Gasteiger partial charge in [0.1, 0.15) is 5.21 Å². The number of carbonyl (C=O) groups is 1. The molecular weight excluding hydrogens is 168 g/mol. The highest BCUT2D eigenvalue weighted by Crippen LogP contribution is 1.99. The largest absolute Gasteiger partial charge is 0.352 e. The number of benzene rings is 1. The molecule has 0 atom stereocenters. The van der Waals surface area contributed by atoms with Crippen molar-refractivity contribution in [1.29, 1.82) is 0 Å². The van der Waals surface area contributed by atoms with E-state index in [-0.39, 0.29) is 5.91 Å². The molecule has 0 fully saturated rings. The van der Waals surface area contributed by atoms with E-state index in [1.807, 2.05) is 6.07 Å². The van der Waals surface area contributed by atoms with Crippen molar-refractivity contribution >= 4 is 5.91 Å². The van der Waals surface area contributed by atoms with Crippen LogP contribution < -0.4 is 5.10 Å². The molecule has 5 nitrogen and oxygen atoms in total. The summed E-state index contributed by atoms with van der Waals surface area (Å²) in [5.74, 6) is -0.200. The fraction of sp³-hybridized carbons (Fsp3) is 0. The summed E-state index contributed by atoms with van der Waals surface area (Å²) in [6, 6.07) is 8.90. The van der Waals surface area contributed by atoms with Crippen molar-refractivity contribution in [3.8, 4) is 0 Å². The van der Waals surface area contributed by atoms with Gasteiger partial charge in [-0.05, 0) is 16.8 Å². The fourth-order valence-electron chi connectivity index (χ4n) is 0.993. The third-order valence-electron chi connectivity index (χ3n) is 1.61. The number of nitrogens with zero attached hydrogens (tertiary/aromatic N) is 3. The van der Waals surface area contributed by atoms with Gasteiger partial charge in [0.2, 0.25) is 0 Å². The summed E-state index contributed by atoms with van der Waals surface area (Å²) in [6.07, 6.45) is 1.40. The minimum atomic E-state index is -0.200. The lowest BCUT2D eigenvalue weighted by atomic mass is 10.2. The number of rotatable bonds is 1. The van der Waals surface area contributed by atoms with Gasteiger partial charge in [-0.3, -0.25) is 0 Å². The van der Waals surface area contributed by atoms with Crippen LogP contribution in [0.15, 0.2) is 36.7 Å². The van der Waals surface area contributed by atoms with Crippen molar-refractivity contribution in [3.05, 3.63) is 42.2 Å². The first-order valence-electron chi connectivity index (χ1n) is 3.76. The van der Waals surface area contributed by atoms with Gasteiger partial charge in [-0.2, -0.15) is 5.10 Å². The van der Waals surface area contributed by atoms with Crippen molar-refractivity contribution in [1.82, 2.24) is 15.1 Å². The van der Waals surface area contributed by atoms with Crippen LogP contribution in [0.4, 0.5) is 0 Å². The Morgan fingerprint density at radius 2 is 2.08 bits per heavy atom. The Kier molecular flexibility index (Phi) is 1.84. The van der Waals surface area contributed by atoms with E-state index in [9.17, 15) is 4.79 Å². The molecule has 5 heteroatoms. The molecule has 1 aromatic carbocycles. The van der Waals surface area contributed by atoms with Crippen LogP contribution in [-0.2, 0) is 0 Å². The first-order valence-corrected chi connectivity index (χ1v) is 3.76. The fourth-order valence-corrected chi connectivity index (χ4v) is 0.993. The Balaban J connectivity index is 2.34. The summed E-state index contributed by atoms with van der Waals surface area (Å²) in [7, 11) is 0. The van der Waals surface area contributed by atoms with Crippen LogP contribution in [0, 0.1) is 0 Å². The molecule has 0 bridgehead atoms. The molecule has 0 radical (unpaired) electrons. The summed E-state index contributed by atoms with van der Waals surface area (Å²) in [4.78, 5) is 11.5. The minimum Gasteiger partial charge on any atom is -0.247 e. The average molecular weight is 175 g/mol. The summed E-state index contributed by atoms with van der Waals surface area (Å²) in [5, 5.41) is 9.45. The molecule has 0 saturated heterocycles. The van der Waals surface area contributed by atoms with Crippen LogP contribution in [-0.4, -0.2) is 21.0 Å². The van der Waals surface area contributed by atoms with Crippen LogP contribution in [0.1, 0.15) is 10.4 Å². The van der Waals surface area contributed by atoms with E-state index in [1.54, 1.807) is 24.3 Å². The number of aromatic amines is 1. The van der Waals surface area contributed by atoms with Crippen molar-refractivity contribution < 1.29 is 9.89 Å². The molecule has 1 N–H and O–H groups in total. The molecule has 13 heavy (non-hydrogen) atoms. The second-order valence-electron chi connectivity index (χ2n) is 2.46. The lowest BCUT2D eigenvalue weighted by Crippen LogP contribution is -2.12. The van der Waals surface area contributed by atoms with Gasteiger partial charge in [0.05, 0.1) is 5.56 Å². The highest BCUT2D eigenvalue weighted by atomic mass is 16.2. The van der Waals surface area contributed by atoms with E-state index < -0.39 is 0 Å². The lowest BCUT2D eigenvalue weighted by molar-refractivity contribution is -0.456. The van der Waals surface area contributed by atoms with Crippen molar-refractivity contribution in [3.63, 3.8) is 0 Å². The van der Waals surface area contributed by atoms with Gasteiger partial charge in [0.15, 0.2) is 5.21 Å². The standard InChI is InChI=1S/C8H6N4O/c13-8(12-6-9-10-11-12)7-4-2-1-3-5-7/h1-6H/p+1. The van der Waals surface area contributed by atoms with Gasteiger partial charge in [-0.15, -0.1) is 0 Å².